The maximum atomic E-state index is 11.4. The topological polar surface area (TPSA) is 81.3 Å². The number of likely N-dealkylation sites (tertiary alicyclic amines) is 1. The molecule has 2 rings (SSSR count). The number of carbonyl (C=O) groups is 1. The number of rotatable bonds is 3. The van der Waals surface area contributed by atoms with Crippen LogP contribution in [0.1, 0.15) is 12.8 Å². The van der Waals surface area contributed by atoms with Crippen LogP contribution >= 0.6 is 0 Å². The molecular weight excluding hydrogens is 220 g/mol. The number of amides is 1. The Morgan fingerprint density at radius 1 is 1.41 bits per heavy atom. The van der Waals surface area contributed by atoms with Crippen LogP contribution in [-0.4, -0.2) is 46.5 Å². The summed E-state index contributed by atoms with van der Waals surface area (Å²) in [5.41, 5.74) is 5.32. The van der Waals surface area contributed by atoms with E-state index in [1.165, 1.54) is 0 Å². The first kappa shape index (κ1) is 11.8. The van der Waals surface area contributed by atoms with Gasteiger partial charge in [-0.25, -0.2) is 9.97 Å². The zero-order valence-electron chi connectivity index (χ0n) is 9.58. The van der Waals surface area contributed by atoms with E-state index in [-0.39, 0.29) is 18.6 Å². The summed E-state index contributed by atoms with van der Waals surface area (Å²) in [6.45, 7) is 1.45. The molecule has 17 heavy (non-hydrogen) atoms. The van der Waals surface area contributed by atoms with Gasteiger partial charge < -0.3 is 15.4 Å². The van der Waals surface area contributed by atoms with Crippen LogP contribution < -0.4 is 10.5 Å². The number of ether oxygens (including phenoxy) is 1. The highest BCUT2D eigenvalue weighted by molar-refractivity contribution is 5.78. The van der Waals surface area contributed by atoms with Gasteiger partial charge in [-0.05, 0) is 6.07 Å². The molecule has 0 aliphatic carbocycles. The highest BCUT2D eigenvalue weighted by Crippen LogP contribution is 2.15. The summed E-state index contributed by atoms with van der Waals surface area (Å²) in [5, 5.41) is 0. The molecule has 0 unspecified atom stereocenters. The molecule has 1 aromatic rings. The number of nitrogens with zero attached hydrogens (tertiary/aromatic N) is 3. The van der Waals surface area contributed by atoms with E-state index in [0.717, 1.165) is 12.8 Å². The molecule has 1 fully saturated rings. The van der Waals surface area contributed by atoms with Crippen LogP contribution in [0, 0.1) is 0 Å². The molecule has 1 aliphatic rings. The van der Waals surface area contributed by atoms with E-state index in [0.29, 0.717) is 19.1 Å². The standard InChI is InChI=1S/C11H16N4O2/c12-8-10(16)15-6-2-9(3-7-15)17-11-13-4-1-5-14-11/h1,4-5,9H,2-3,6-8,12H2. The SMILES string of the molecule is NCC(=O)N1CCC(Oc2ncccn2)CC1. The van der Waals surface area contributed by atoms with Crippen molar-refractivity contribution in [2.75, 3.05) is 19.6 Å². The van der Waals surface area contributed by atoms with Crippen molar-refractivity contribution < 1.29 is 9.53 Å². The van der Waals surface area contributed by atoms with Crippen LogP contribution in [0.3, 0.4) is 0 Å². The van der Waals surface area contributed by atoms with E-state index in [1.807, 2.05) is 0 Å². The molecule has 0 atom stereocenters. The van der Waals surface area contributed by atoms with Crippen molar-refractivity contribution in [3.63, 3.8) is 0 Å². The maximum Gasteiger partial charge on any atom is 0.316 e. The molecule has 1 saturated heterocycles. The molecule has 2 N–H and O–H groups in total. The number of hydrogen-bond donors (Lipinski definition) is 1. The lowest BCUT2D eigenvalue weighted by Gasteiger charge is -2.31. The summed E-state index contributed by atoms with van der Waals surface area (Å²) < 4.78 is 5.63. The van der Waals surface area contributed by atoms with Crippen molar-refractivity contribution in [1.82, 2.24) is 14.9 Å². The highest BCUT2D eigenvalue weighted by atomic mass is 16.5. The van der Waals surface area contributed by atoms with E-state index in [2.05, 4.69) is 9.97 Å². The van der Waals surface area contributed by atoms with E-state index < -0.39 is 0 Å². The van der Waals surface area contributed by atoms with Crippen LogP contribution in [0.5, 0.6) is 6.01 Å². The molecule has 6 nitrogen and oxygen atoms in total. The third-order valence-corrected chi connectivity index (χ3v) is 2.78. The lowest BCUT2D eigenvalue weighted by atomic mass is 10.1. The van der Waals surface area contributed by atoms with Crippen molar-refractivity contribution in [3.05, 3.63) is 18.5 Å². The Hall–Kier alpha value is -1.69. The predicted molar refractivity (Wildman–Crippen MR) is 61.3 cm³/mol. The molecule has 1 amide bonds. The minimum atomic E-state index is -0.000545. The van der Waals surface area contributed by atoms with E-state index in [9.17, 15) is 4.79 Å². The Morgan fingerprint density at radius 2 is 2.06 bits per heavy atom. The zero-order valence-corrected chi connectivity index (χ0v) is 9.58. The zero-order chi connectivity index (χ0) is 12.1. The van der Waals surface area contributed by atoms with Gasteiger partial charge >= 0.3 is 6.01 Å². The first-order valence-corrected chi connectivity index (χ1v) is 5.71. The molecule has 1 aromatic heterocycles. The summed E-state index contributed by atoms with van der Waals surface area (Å²) in [6.07, 6.45) is 4.97. The average molecular weight is 236 g/mol. The monoisotopic (exact) mass is 236 g/mol. The van der Waals surface area contributed by atoms with Gasteiger partial charge in [-0.2, -0.15) is 0 Å². The highest BCUT2D eigenvalue weighted by Gasteiger charge is 2.23. The van der Waals surface area contributed by atoms with E-state index >= 15 is 0 Å². The second kappa shape index (κ2) is 5.58. The van der Waals surface area contributed by atoms with Gasteiger partial charge in [0.25, 0.3) is 0 Å². The Balaban J connectivity index is 1.82. The lowest BCUT2D eigenvalue weighted by molar-refractivity contribution is -0.131. The van der Waals surface area contributed by atoms with Crippen molar-refractivity contribution >= 4 is 5.91 Å². The second-order valence-electron chi connectivity index (χ2n) is 3.93. The van der Waals surface area contributed by atoms with Gasteiger partial charge in [0.05, 0.1) is 6.54 Å². The smallest absolute Gasteiger partial charge is 0.316 e. The summed E-state index contributed by atoms with van der Waals surface area (Å²) in [4.78, 5) is 21.2. The third-order valence-electron chi connectivity index (χ3n) is 2.78. The minimum absolute atomic E-state index is 0.000545. The summed E-state index contributed by atoms with van der Waals surface area (Å²) in [5.74, 6) is -0.000545. The van der Waals surface area contributed by atoms with Crippen molar-refractivity contribution in [1.29, 1.82) is 0 Å². The van der Waals surface area contributed by atoms with Crippen molar-refractivity contribution in [3.8, 4) is 6.01 Å². The number of aromatic nitrogens is 2. The van der Waals surface area contributed by atoms with E-state index in [1.54, 1.807) is 23.4 Å². The molecule has 1 aliphatic heterocycles. The predicted octanol–water partition coefficient (Wildman–Crippen LogP) is -0.195. The molecule has 0 saturated carbocycles. The molecule has 6 heteroatoms. The summed E-state index contributed by atoms with van der Waals surface area (Å²) >= 11 is 0. The Bertz CT molecular complexity index is 363. The van der Waals surface area contributed by atoms with Gasteiger partial charge in [-0.15, -0.1) is 0 Å². The van der Waals surface area contributed by atoms with Crippen LogP contribution in [0.15, 0.2) is 18.5 Å². The summed E-state index contributed by atoms with van der Waals surface area (Å²) in [7, 11) is 0. The maximum absolute atomic E-state index is 11.4. The van der Waals surface area contributed by atoms with Crippen LogP contribution in [0.25, 0.3) is 0 Å². The third kappa shape index (κ3) is 3.13. The molecular formula is C11H16N4O2. The number of nitrogens with two attached hydrogens (primary N) is 1. The fourth-order valence-corrected chi connectivity index (χ4v) is 1.85. The number of hydrogen-bond acceptors (Lipinski definition) is 5. The van der Waals surface area contributed by atoms with Crippen LogP contribution in [0.4, 0.5) is 0 Å². The van der Waals surface area contributed by atoms with Gasteiger partial charge in [-0.1, -0.05) is 0 Å². The fourth-order valence-electron chi connectivity index (χ4n) is 1.85. The Kier molecular flexibility index (Phi) is 3.87. The molecule has 92 valence electrons. The van der Waals surface area contributed by atoms with Gasteiger partial charge in [-0.3, -0.25) is 4.79 Å². The minimum Gasteiger partial charge on any atom is -0.460 e. The number of piperidine rings is 1. The Labute approximate surface area is 99.8 Å². The first-order valence-electron chi connectivity index (χ1n) is 5.71. The van der Waals surface area contributed by atoms with E-state index in [4.69, 9.17) is 10.5 Å². The molecule has 0 bridgehead atoms. The fraction of sp³-hybridized carbons (Fsp3) is 0.545. The second-order valence-corrected chi connectivity index (χ2v) is 3.93. The van der Waals surface area contributed by atoms with Gasteiger partial charge in [0, 0.05) is 38.3 Å². The normalized spacial score (nSPS) is 16.9. The molecule has 0 aromatic carbocycles. The lowest BCUT2D eigenvalue weighted by Crippen LogP contribution is -2.44. The van der Waals surface area contributed by atoms with Gasteiger partial charge in [0.2, 0.25) is 5.91 Å². The van der Waals surface area contributed by atoms with Gasteiger partial charge in [0.15, 0.2) is 0 Å². The number of carbonyl (C=O) groups excluding carboxylic acids is 1. The van der Waals surface area contributed by atoms with Gasteiger partial charge in [0.1, 0.15) is 6.10 Å². The summed E-state index contributed by atoms with van der Waals surface area (Å²) in [6, 6.07) is 2.14. The molecule has 2 heterocycles. The Morgan fingerprint density at radius 3 is 2.65 bits per heavy atom. The van der Waals surface area contributed by atoms with Crippen molar-refractivity contribution in [2.45, 2.75) is 18.9 Å². The largest absolute Gasteiger partial charge is 0.460 e. The first-order chi connectivity index (χ1) is 8.29. The quantitative estimate of drug-likeness (QED) is 0.786. The molecule has 0 radical (unpaired) electrons. The van der Waals surface area contributed by atoms with Crippen LogP contribution in [0.2, 0.25) is 0 Å². The van der Waals surface area contributed by atoms with Crippen LogP contribution in [-0.2, 0) is 4.79 Å². The molecule has 0 spiro atoms. The average Bonchev–Trinajstić information content (AvgIpc) is 2.40. The van der Waals surface area contributed by atoms with Crippen molar-refractivity contribution in [2.24, 2.45) is 5.73 Å².